The largest absolute Gasteiger partial charge is 0.383 e. The lowest BCUT2D eigenvalue weighted by Crippen LogP contribution is -2.33. The summed E-state index contributed by atoms with van der Waals surface area (Å²) in [6.07, 6.45) is 1.69. The quantitative estimate of drug-likeness (QED) is 0.779. The number of thiophene rings is 1. The van der Waals surface area contributed by atoms with Crippen LogP contribution in [0.25, 0.3) is 0 Å². The molecule has 1 rings (SSSR count). The van der Waals surface area contributed by atoms with Crippen LogP contribution in [-0.2, 0) is 5.60 Å². The van der Waals surface area contributed by atoms with Crippen molar-refractivity contribution in [2.24, 2.45) is 5.73 Å². The lowest BCUT2D eigenvalue weighted by molar-refractivity contribution is 0.0396. The minimum atomic E-state index is -0.798. The van der Waals surface area contributed by atoms with Crippen molar-refractivity contribution in [3.63, 3.8) is 0 Å². The van der Waals surface area contributed by atoms with Gasteiger partial charge in [-0.3, -0.25) is 0 Å². The van der Waals surface area contributed by atoms with Crippen LogP contribution in [0, 0.1) is 6.92 Å². The first-order valence-electron chi connectivity index (χ1n) is 4.62. The second kappa shape index (κ2) is 4.22. The SMILES string of the molecule is CCCC(O)(CN)c1ccc(C)s1. The number of aryl methyl sites for hydroxylation is 1. The van der Waals surface area contributed by atoms with Crippen LogP contribution in [0.4, 0.5) is 0 Å². The summed E-state index contributed by atoms with van der Waals surface area (Å²) in [6.45, 7) is 4.40. The molecule has 74 valence electrons. The summed E-state index contributed by atoms with van der Waals surface area (Å²) in [7, 11) is 0. The number of nitrogens with two attached hydrogens (primary N) is 1. The molecular weight excluding hydrogens is 182 g/mol. The molecule has 0 saturated carbocycles. The van der Waals surface area contributed by atoms with Gasteiger partial charge in [0.25, 0.3) is 0 Å². The minimum absolute atomic E-state index is 0.306. The zero-order valence-corrected chi connectivity index (χ0v) is 9.03. The van der Waals surface area contributed by atoms with E-state index in [9.17, 15) is 5.11 Å². The Balaban J connectivity index is 2.88. The maximum Gasteiger partial charge on any atom is 0.111 e. The molecule has 0 aromatic carbocycles. The number of hydrogen-bond acceptors (Lipinski definition) is 3. The third-order valence-corrected chi connectivity index (χ3v) is 3.39. The van der Waals surface area contributed by atoms with Crippen LogP contribution in [0.1, 0.15) is 29.5 Å². The normalized spacial score (nSPS) is 15.7. The van der Waals surface area contributed by atoms with Crippen molar-refractivity contribution in [2.75, 3.05) is 6.54 Å². The fourth-order valence-corrected chi connectivity index (χ4v) is 2.42. The number of hydrogen-bond donors (Lipinski definition) is 2. The Labute approximate surface area is 83.4 Å². The highest BCUT2D eigenvalue weighted by atomic mass is 32.1. The van der Waals surface area contributed by atoms with Gasteiger partial charge in [-0.25, -0.2) is 0 Å². The summed E-state index contributed by atoms with van der Waals surface area (Å²) < 4.78 is 0. The van der Waals surface area contributed by atoms with E-state index in [4.69, 9.17) is 5.73 Å². The van der Waals surface area contributed by atoms with Crippen molar-refractivity contribution in [1.29, 1.82) is 0 Å². The molecule has 3 heteroatoms. The van der Waals surface area contributed by atoms with Crippen LogP contribution >= 0.6 is 11.3 Å². The Morgan fingerprint density at radius 1 is 1.54 bits per heavy atom. The Morgan fingerprint density at radius 3 is 2.62 bits per heavy atom. The topological polar surface area (TPSA) is 46.2 Å². The van der Waals surface area contributed by atoms with Crippen molar-refractivity contribution >= 4 is 11.3 Å². The van der Waals surface area contributed by atoms with Crippen molar-refractivity contribution in [3.8, 4) is 0 Å². The van der Waals surface area contributed by atoms with Gasteiger partial charge >= 0.3 is 0 Å². The monoisotopic (exact) mass is 199 g/mol. The van der Waals surface area contributed by atoms with Crippen molar-refractivity contribution < 1.29 is 5.11 Å². The number of rotatable bonds is 4. The fourth-order valence-electron chi connectivity index (χ4n) is 1.42. The Morgan fingerprint density at radius 2 is 2.23 bits per heavy atom. The van der Waals surface area contributed by atoms with Gasteiger partial charge in [0.15, 0.2) is 0 Å². The van der Waals surface area contributed by atoms with Gasteiger partial charge < -0.3 is 10.8 Å². The second-order valence-corrected chi connectivity index (χ2v) is 4.68. The van der Waals surface area contributed by atoms with Crippen LogP contribution in [0.2, 0.25) is 0 Å². The highest BCUT2D eigenvalue weighted by molar-refractivity contribution is 7.12. The molecule has 0 bridgehead atoms. The van der Waals surface area contributed by atoms with Crippen molar-refractivity contribution in [1.82, 2.24) is 0 Å². The third-order valence-electron chi connectivity index (χ3n) is 2.20. The molecule has 3 N–H and O–H groups in total. The van der Waals surface area contributed by atoms with Gasteiger partial charge in [0.2, 0.25) is 0 Å². The molecule has 0 aliphatic carbocycles. The van der Waals surface area contributed by atoms with E-state index in [0.29, 0.717) is 6.54 Å². The van der Waals surface area contributed by atoms with Gasteiger partial charge in [-0.15, -0.1) is 11.3 Å². The van der Waals surface area contributed by atoms with Crippen LogP contribution < -0.4 is 5.73 Å². The van der Waals surface area contributed by atoms with Gasteiger partial charge in [-0.2, -0.15) is 0 Å². The molecule has 2 nitrogen and oxygen atoms in total. The zero-order chi connectivity index (χ0) is 9.90. The molecule has 0 amide bonds. The van der Waals surface area contributed by atoms with Crippen LogP contribution in [-0.4, -0.2) is 11.7 Å². The summed E-state index contributed by atoms with van der Waals surface area (Å²) in [5.74, 6) is 0. The van der Waals surface area contributed by atoms with Crippen LogP contribution in [0.3, 0.4) is 0 Å². The predicted molar refractivity (Wildman–Crippen MR) is 56.9 cm³/mol. The Bertz CT molecular complexity index is 272. The Kier molecular flexibility index (Phi) is 3.47. The van der Waals surface area contributed by atoms with E-state index in [1.54, 1.807) is 11.3 Å². The number of aliphatic hydroxyl groups is 1. The zero-order valence-electron chi connectivity index (χ0n) is 8.21. The summed E-state index contributed by atoms with van der Waals surface area (Å²) in [5.41, 5.74) is 4.79. The summed E-state index contributed by atoms with van der Waals surface area (Å²) >= 11 is 1.63. The van der Waals surface area contributed by atoms with E-state index in [-0.39, 0.29) is 0 Å². The van der Waals surface area contributed by atoms with Gasteiger partial charge in [0.05, 0.1) is 0 Å². The minimum Gasteiger partial charge on any atom is -0.383 e. The van der Waals surface area contributed by atoms with Crippen LogP contribution in [0.15, 0.2) is 12.1 Å². The maximum atomic E-state index is 10.2. The van der Waals surface area contributed by atoms with E-state index in [1.165, 1.54) is 4.88 Å². The smallest absolute Gasteiger partial charge is 0.111 e. The molecule has 0 fully saturated rings. The van der Waals surface area contributed by atoms with Crippen molar-refractivity contribution in [3.05, 3.63) is 21.9 Å². The molecule has 1 atom stereocenters. The molecular formula is C10H17NOS. The first-order chi connectivity index (χ1) is 6.12. The average Bonchev–Trinajstić information content (AvgIpc) is 2.52. The van der Waals surface area contributed by atoms with Crippen LogP contribution in [0.5, 0.6) is 0 Å². The molecule has 0 aliphatic heterocycles. The van der Waals surface area contributed by atoms with Gasteiger partial charge in [0, 0.05) is 16.3 Å². The van der Waals surface area contributed by atoms with E-state index in [0.717, 1.165) is 17.7 Å². The lowest BCUT2D eigenvalue weighted by atomic mass is 9.96. The van der Waals surface area contributed by atoms with E-state index in [1.807, 2.05) is 19.1 Å². The van der Waals surface area contributed by atoms with E-state index < -0.39 is 5.60 Å². The highest BCUT2D eigenvalue weighted by Gasteiger charge is 2.27. The van der Waals surface area contributed by atoms with E-state index >= 15 is 0 Å². The Hall–Kier alpha value is -0.380. The summed E-state index contributed by atoms with van der Waals surface area (Å²) in [5, 5.41) is 10.2. The summed E-state index contributed by atoms with van der Waals surface area (Å²) in [4.78, 5) is 2.22. The highest BCUT2D eigenvalue weighted by Crippen LogP contribution is 2.31. The molecule has 13 heavy (non-hydrogen) atoms. The van der Waals surface area contributed by atoms with Gasteiger partial charge in [-0.05, 0) is 25.5 Å². The molecule has 0 saturated heterocycles. The summed E-state index contributed by atoms with van der Waals surface area (Å²) in [6, 6.07) is 4.00. The molecule has 1 aromatic rings. The lowest BCUT2D eigenvalue weighted by Gasteiger charge is -2.24. The standard InChI is InChI=1S/C10H17NOS/c1-3-6-10(12,7-11)9-5-4-8(2)13-9/h4-5,12H,3,6-7,11H2,1-2H3. The molecule has 1 unspecified atom stereocenters. The van der Waals surface area contributed by atoms with Gasteiger partial charge in [-0.1, -0.05) is 13.3 Å². The van der Waals surface area contributed by atoms with Crippen molar-refractivity contribution in [2.45, 2.75) is 32.3 Å². The molecule has 1 aromatic heterocycles. The molecule has 1 heterocycles. The van der Waals surface area contributed by atoms with Gasteiger partial charge in [0.1, 0.15) is 5.60 Å². The fraction of sp³-hybridized carbons (Fsp3) is 0.600. The van der Waals surface area contributed by atoms with E-state index in [2.05, 4.69) is 6.92 Å². The maximum absolute atomic E-state index is 10.2. The molecule has 0 aliphatic rings. The second-order valence-electron chi connectivity index (χ2n) is 3.40. The predicted octanol–water partition coefficient (Wildman–Crippen LogP) is 2.00. The average molecular weight is 199 g/mol. The third kappa shape index (κ3) is 2.30. The first kappa shape index (κ1) is 10.7. The first-order valence-corrected chi connectivity index (χ1v) is 5.43. The molecule has 0 spiro atoms. The molecule has 0 radical (unpaired) electrons.